The molecular formula is C7H16Na. The van der Waals surface area contributed by atoms with E-state index in [1.807, 2.05) is 0 Å². The van der Waals surface area contributed by atoms with Crippen LogP contribution in [0.1, 0.15) is 34.6 Å². The van der Waals surface area contributed by atoms with Crippen molar-refractivity contribution >= 4 is 29.6 Å². The van der Waals surface area contributed by atoms with Crippen molar-refractivity contribution in [2.75, 3.05) is 0 Å². The van der Waals surface area contributed by atoms with Gasteiger partial charge in [-0.05, 0) is 11.3 Å². The minimum Gasteiger partial charge on any atom is -0.0623 e. The molecule has 0 heterocycles. The van der Waals surface area contributed by atoms with Crippen LogP contribution >= 0.6 is 0 Å². The van der Waals surface area contributed by atoms with Gasteiger partial charge >= 0.3 is 0 Å². The minimum atomic E-state index is 0. The van der Waals surface area contributed by atoms with Gasteiger partial charge in [0, 0.05) is 29.6 Å². The van der Waals surface area contributed by atoms with Crippen molar-refractivity contribution in [3.8, 4) is 0 Å². The van der Waals surface area contributed by atoms with Gasteiger partial charge in [0.25, 0.3) is 0 Å². The van der Waals surface area contributed by atoms with Crippen LogP contribution in [0.5, 0.6) is 0 Å². The Morgan fingerprint density at radius 2 is 1.12 bits per heavy atom. The molecule has 0 aliphatic carbocycles. The molecule has 0 atom stereocenters. The molecule has 0 unspecified atom stereocenters. The van der Waals surface area contributed by atoms with Crippen LogP contribution in [0.15, 0.2) is 0 Å². The van der Waals surface area contributed by atoms with Crippen LogP contribution in [-0.4, -0.2) is 29.6 Å². The summed E-state index contributed by atoms with van der Waals surface area (Å²) in [5.74, 6) is 0.799. The monoisotopic (exact) mass is 123 g/mol. The first-order valence-electron chi connectivity index (χ1n) is 2.94. The Balaban J connectivity index is 0. The fourth-order valence-electron chi connectivity index (χ4n) is 0. The summed E-state index contributed by atoms with van der Waals surface area (Å²) in [4.78, 5) is 0. The molecule has 0 saturated heterocycles. The molecule has 0 aromatic heterocycles. The summed E-state index contributed by atoms with van der Waals surface area (Å²) in [5, 5.41) is 0. The third-order valence-electron chi connectivity index (χ3n) is 1.73. The van der Waals surface area contributed by atoms with E-state index in [1.54, 1.807) is 0 Å². The van der Waals surface area contributed by atoms with Crippen molar-refractivity contribution < 1.29 is 0 Å². The van der Waals surface area contributed by atoms with Crippen LogP contribution in [0, 0.1) is 11.3 Å². The summed E-state index contributed by atoms with van der Waals surface area (Å²) in [6.45, 7) is 11.3. The second-order valence-corrected chi connectivity index (χ2v) is 3.52. The third kappa shape index (κ3) is 5.14. The molecule has 0 aromatic carbocycles. The maximum Gasteiger partial charge on any atom is 0 e. The van der Waals surface area contributed by atoms with Gasteiger partial charge in [-0.2, -0.15) is 0 Å². The summed E-state index contributed by atoms with van der Waals surface area (Å²) in [7, 11) is 0. The van der Waals surface area contributed by atoms with Crippen molar-refractivity contribution in [1.82, 2.24) is 0 Å². The van der Waals surface area contributed by atoms with E-state index in [2.05, 4.69) is 34.6 Å². The molecule has 45 valence electrons. The summed E-state index contributed by atoms with van der Waals surface area (Å²) >= 11 is 0. The van der Waals surface area contributed by atoms with Crippen LogP contribution in [0.3, 0.4) is 0 Å². The van der Waals surface area contributed by atoms with Crippen LogP contribution in [0.25, 0.3) is 0 Å². The summed E-state index contributed by atoms with van der Waals surface area (Å²) < 4.78 is 0. The zero-order valence-corrected chi connectivity index (χ0v) is 9.08. The standard InChI is InChI=1S/C7H16.Na/c1-6(2)7(3,4)5;/h6H,1-5H3;. The molecule has 0 bridgehead atoms. The molecule has 0 fully saturated rings. The molecular weight excluding hydrogens is 107 g/mol. The van der Waals surface area contributed by atoms with Gasteiger partial charge in [0.05, 0.1) is 0 Å². The summed E-state index contributed by atoms with van der Waals surface area (Å²) in [6.07, 6.45) is 0. The van der Waals surface area contributed by atoms with E-state index in [0.29, 0.717) is 5.41 Å². The Hall–Kier alpha value is 1.00. The first-order chi connectivity index (χ1) is 2.94. The van der Waals surface area contributed by atoms with E-state index < -0.39 is 0 Å². The van der Waals surface area contributed by atoms with Gasteiger partial charge in [0.2, 0.25) is 0 Å². The fraction of sp³-hybridized carbons (Fsp3) is 1.00. The molecule has 8 heavy (non-hydrogen) atoms. The normalized spacial score (nSPS) is 11.2. The Kier molecular flexibility index (Phi) is 5.76. The van der Waals surface area contributed by atoms with E-state index >= 15 is 0 Å². The molecule has 0 aromatic rings. The van der Waals surface area contributed by atoms with Gasteiger partial charge in [-0.25, -0.2) is 0 Å². The summed E-state index contributed by atoms with van der Waals surface area (Å²) in [5.41, 5.74) is 0.500. The van der Waals surface area contributed by atoms with Crippen molar-refractivity contribution in [2.45, 2.75) is 34.6 Å². The molecule has 0 amide bonds. The predicted molar refractivity (Wildman–Crippen MR) is 40.0 cm³/mol. The number of rotatable bonds is 0. The average Bonchev–Trinajstić information content (AvgIpc) is 1.31. The van der Waals surface area contributed by atoms with Crippen molar-refractivity contribution in [3.05, 3.63) is 0 Å². The van der Waals surface area contributed by atoms with Gasteiger partial charge in [-0.15, -0.1) is 0 Å². The van der Waals surface area contributed by atoms with Crippen molar-refractivity contribution in [1.29, 1.82) is 0 Å². The molecule has 0 nitrogen and oxygen atoms in total. The van der Waals surface area contributed by atoms with Gasteiger partial charge in [-0.3, -0.25) is 0 Å². The van der Waals surface area contributed by atoms with Gasteiger partial charge < -0.3 is 0 Å². The van der Waals surface area contributed by atoms with Gasteiger partial charge in [0.15, 0.2) is 0 Å². The maximum atomic E-state index is 2.26. The van der Waals surface area contributed by atoms with E-state index in [1.165, 1.54) is 0 Å². The molecule has 1 heteroatoms. The zero-order valence-electron chi connectivity index (χ0n) is 7.08. The first kappa shape index (κ1) is 11.8. The van der Waals surface area contributed by atoms with Gasteiger partial charge in [-0.1, -0.05) is 34.6 Å². The van der Waals surface area contributed by atoms with Gasteiger partial charge in [0.1, 0.15) is 0 Å². The smallest absolute Gasteiger partial charge is 0 e. The van der Waals surface area contributed by atoms with Crippen molar-refractivity contribution in [3.63, 3.8) is 0 Å². The average molecular weight is 123 g/mol. The minimum absolute atomic E-state index is 0. The van der Waals surface area contributed by atoms with Crippen LogP contribution in [-0.2, 0) is 0 Å². The van der Waals surface area contributed by atoms with E-state index in [9.17, 15) is 0 Å². The van der Waals surface area contributed by atoms with Crippen LogP contribution < -0.4 is 0 Å². The second kappa shape index (κ2) is 3.92. The van der Waals surface area contributed by atoms with E-state index in [0.717, 1.165) is 5.92 Å². The van der Waals surface area contributed by atoms with Crippen LogP contribution in [0.2, 0.25) is 0 Å². The second-order valence-electron chi connectivity index (χ2n) is 3.52. The Labute approximate surface area is 75.3 Å². The zero-order chi connectivity index (χ0) is 6.08. The number of hydrogen-bond donors (Lipinski definition) is 0. The molecule has 0 aliphatic heterocycles. The SMILES string of the molecule is CC(C)C(C)(C)C.[Na]. The molecule has 0 spiro atoms. The maximum absolute atomic E-state index is 2.26. The quantitative estimate of drug-likeness (QED) is 0.433. The number of hydrogen-bond acceptors (Lipinski definition) is 0. The summed E-state index contributed by atoms with van der Waals surface area (Å²) in [6, 6.07) is 0. The first-order valence-corrected chi connectivity index (χ1v) is 2.94. The Morgan fingerprint density at radius 3 is 1.12 bits per heavy atom. The predicted octanol–water partition coefficient (Wildman–Crippen LogP) is 2.31. The molecule has 0 aliphatic rings. The Morgan fingerprint density at radius 1 is 1.00 bits per heavy atom. The van der Waals surface area contributed by atoms with Crippen molar-refractivity contribution in [2.24, 2.45) is 11.3 Å². The molecule has 0 rings (SSSR count). The third-order valence-corrected chi connectivity index (χ3v) is 1.73. The topological polar surface area (TPSA) is 0 Å². The molecule has 0 N–H and O–H groups in total. The fourth-order valence-corrected chi connectivity index (χ4v) is 0. The van der Waals surface area contributed by atoms with E-state index in [4.69, 9.17) is 0 Å². The van der Waals surface area contributed by atoms with Crippen LogP contribution in [0.4, 0.5) is 0 Å². The largest absolute Gasteiger partial charge is 0.0623 e. The van der Waals surface area contributed by atoms with E-state index in [-0.39, 0.29) is 29.6 Å². The molecule has 1 radical (unpaired) electrons. The molecule has 0 saturated carbocycles. The Bertz CT molecular complexity index is 49.9.